The highest BCUT2D eigenvalue weighted by molar-refractivity contribution is 7.13. The second-order valence-corrected chi connectivity index (χ2v) is 6.28. The maximum absolute atomic E-state index is 5.95. The number of aromatic nitrogens is 1. The first-order valence-corrected chi connectivity index (χ1v) is 7.65. The molecule has 2 aliphatic rings. The minimum Gasteiger partial charge on any atom is -0.458 e. The Morgan fingerprint density at radius 3 is 3.05 bits per heavy atom. The molecule has 0 saturated heterocycles. The Hall–Kier alpha value is -2.33. The SMILES string of the molecule is Cc1cccc(OC2=CCC3=c4nc(N)sc4=CC3=C2)c1. The molecule has 2 aromatic rings. The van der Waals surface area contributed by atoms with Crippen LogP contribution < -0.4 is 20.4 Å². The highest BCUT2D eigenvalue weighted by atomic mass is 32.1. The number of allylic oxidation sites excluding steroid dienone is 3. The highest BCUT2D eigenvalue weighted by Gasteiger charge is 2.18. The summed E-state index contributed by atoms with van der Waals surface area (Å²) in [5.41, 5.74) is 9.40. The monoisotopic (exact) mass is 294 g/mol. The lowest BCUT2D eigenvalue weighted by Crippen LogP contribution is -2.19. The van der Waals surface area contributed by atoms with Gasteiger partial charge in [-0.05, 0) is 60.4 Å². The molecule has 1 aromatic heterocycles. The summed E-state index contributed by atoms with van der Waals surface area (Å²) in [7, 11) is 0. The minimum absolute atomic E-state index is 0.633. The summed E-state index contributed by atoms with van der Waals surface area (Å²) >= 11 is 1.54. The van der Waals surface area contributed by atoms with Crippen molar-refractivity contribution >= 4 is 28.1 Å². The van der Waals surface area contributed by atoms with E-state index in [1.807, 2.05) is 18.2 Å². The molecule has 0 amide bonds. The van der Waals surface area contributed by atoms with Gasteiger partial charge in [-0.1, -0.05) is 23.5 Å². The van der Waals surface area contributed by atoms with Gasteiger partial charge in [0.1, 0.15) is 11.5 Å². The van der Waals surface area contributed by atoms with Crippen molar-refractivity contribution in [2.24, 2.45) is 0 Å². The standard InChI is InChI=1S/C17H14N2OS/c1-10-3-2-4-12(7-10)20-13-5-6-14-11(8-13)9-15-16(14)19-17(18)21-15/h2-5,7-9H,6H2,1H3,(H2,18,19). The number of ether oxygens (including phenoxy) is 1. The summed E-state index contributed by atoms with van der Waals surface area (Å²) in [6, 6.07) is 8.08. The molecule has 0 aliphatic heterocycles. The molecule has 3 nitrogen and oxygen atoms in total. The topological polar surface area (TPSA) is 48.1 Å². The van der Waals surface area contributed by atoms with Crippen molar-refractivity contribution in [1.29, 1.82) is 0 Å². The van der Waals surface area contributed by atoms with E-state index < -0.39 is 0 Å². The summed E-state index contributed by atoms with van der Waals surface area (Å²) in [6.45, 7) is 2.06. The smallest absolute Gasteiger partial charge is 0.181 e. The van der Waals surface area contributed by atoms with Crippen molar-refractivity contribution in [3.05, 3.63) is 63.2 Å². The number of thiazole rings is 1. The maximum Gasteiger partial charge on any atom is 0.181 e. The van der Waals surface area contributed by atoms with Crippen molar-refractivity contribution in [3.63, 3.8) is 0 Å². The Morgan fingerprint density at radius 1 is 1.29 bits per heavy atom. The van der Waals surface area contributed by atoms with E-state index in [4.69, 9.17) is 10.5 Å². The molecule has 0 atom stereocenters. The third-order valence-corrected chi connectivity index (χ3v) is 4.45. The van der Waals surface area contributed by atoms with Gasteiger partial charge in [-0.25, -0.2) is 4.98 Å². The van der Waals surface area contributed by atoms with Gasteiger partial charge in [0.2, 0.25) is 0 Å². The van der Waals surface area contributed by atoms with Crippen LogP contribution in [0.5, 0.6) is 5.75 Å². The molecule has 0 fully saturated rings. The van der Waals surface area contributed by atoms with Gasteiger partial charge in [-0.2, -0.15) is 0 Å². The maximum atomic E-state index is 5.95. The van der Waals surface area contributed by atoms with Gasteiger partial charge in [-0.15, -0.1) is 0 Å². The van der Waals surface area contributed by atoms with E-state index >= 15 is 0 Å². The number of benzene rings is 1. The number of nitrogen functional groups attached to an aromatic ring is 1. The predicted octanol–water partition coefficient (Wildman–Crippen LogP) is 2.27. The fourth-order valence-electron chi connectivity index (χ4n) is 2.67. The first-order chi connectivity index (χ1) is 10.2. The van der Waals surface area contributed by atoms with Gasteiger partial charge in [0.25, 0.3) is 0 Å². The molecule has 0 spiro atoms. The van der Waals surface area contributed by atoms with Gasteiger partial charge in [0.05, 0.1) is 9.88 Å². The number of anilines is 1. The van der Waals surface area contributed by atoms with E-state index in [1.165, 1.54) is 28.0 Å². The molecule has 0 unspecified atom stereocenters. The number of hydrogen-bond acceptors (Lipinski definition) is 4. The summed E-state index contributed by atoms with van der Waals surface area (Å²) < 4.78 is 7.10. The second-order valence-electron chi connectivity index (χ2n) is 5.22. The molecular formula is C17H14N2OS. The van der Waals surface area contributed by atoms with E-state index in [1.54, 1.807) is 0 Å². The highest BCUT2D eigenvalue weighted by Crippen LogP contribution is 2.28. The Labute approximate surface area is 126 Å². The van der Waals surface area contributed by atoms with Gasteiger partial charge < -0.3 is 10.5 Å². The van der Waals surface area contributed by atoms with E-state index in [0.717, 1.165) is 27.8 Å². The fourth-order valence-corrected chi connectivity index (χ4v) is 3.49. The largest absolute Gasteiger partial charge is 0.458 e. The number of aryl methyl sites for hydroxylation is 1. The van der Waals surface area contributed by atoms with Crippen LogP contribution in [-0.4, -0.2) is 4.98 Å². The number of fused-ring (bicyclic) bond motifs is 2. The van der Waals surface area contributed by atoms with Crippen LogP contribution in [0, 0.1) is 6.92 Å². The van der Waals surface area contributed by atoms with Crippen LogP contribution in [0.3, 0.4) is 0 Å². The van der Waals surface area contributed by atoms with Gasteiger partial charge in [-0.3, -0.25) is 0 Å². The first kappa shape index (κ1) is 12.4. The molecule has 4 rings (SSSR count). The predicted molar refractivity (Wildman–Crippen MR) is 86.2 cm³/mol. The molecule has 104 valence electrons. The molecule has 4 heteroatoms. The zero-order valence-corrected chi connectivity index (χ0v) is 12.4. The zero-order valence-electron chi connectivity index (χ0n) is 11.6. The molecule has 2 N–H and O–H groups in total. The Balaban J connectivity index is 1.66. The van der Waals surface area contributed by atoms with E-state index in [-0.39, 0.29) is 0 Å². The zero-order chi connectivity index (χ0) is 14.4. The molecular weight excluding hydrogens is 280 g/mol. The van der Waals surface area contributed by atoms with Crippen LogP contribution in [0.25, 0.3) is 11.6 Å². The van der Waals surface area contributed by atoms with Crippen LogP contribution in [0.1, 0.15) is 12.0 Å². The lowest BCUT2D eigenvalue weighted by molar-refractivity contribution is 0.441. The average molecular weight is 294 g/mol. The average Bonchev–Trinajstić information content (AvgIpc) is 2.94. The first-order valence-electron chi connectivity index (χ1n) is 6.83. The fraction of sp³-hybridized carbons (Fsp3) is 0.118. The lowest BCUT2D eigenvalue weighted by Gasteiger charge is -2.13. The number of nitrogens with two attached hydrogens (primary N) is 1. The minimum atomic E-state index is 0.633. The quantitative estimate of drug-likeness (QED) is 0.924. The van der Waals surface area contributed by atoms with E-state index in [0.29, 0.717) is 5.13 Å². The molecule has 0 bridgehead atoms. The van der Waals surface area contributed by atoms with Crippen LogP contribution >= 0.6 is 11.3 Å². The number of hydrogen-bond donors (Lipinski definition) is 1. The summed E-state index contributed by atoms with van der Waals surface area (Å²) in [5, 5.41) is 1.67. The third kappa shape index (κ3) is 2.17. The summed E-state index contributed by atoms with van der Waals surface area (Å²) in [6.07, 6.45) is 7.15. The Bertz CT molecular complexity index is 919. The molecule has 0 saturated carbocycles. The number of nitrogens with zero attached hydrogens (tertiary/aromatic N) is 1. The Morgan fingerprint density at radius 2 is 2.19 bits per heavy atom. The van der Waals surface area contributed by atoms with Crippen LogP contribution in [-0.2, 0) is 0 Å². The van der Waals surface area contributed by atoms with Crippen molar-refractivity contribution < 1.29 is 4.74 Å². The third-order valence-electron chi connectivity index (χ3n) is 3.62. The van der Waals surface area contributed by atoms with Gasteiger partial charge in [0.15, 0.2) is 5.13 Å². The van der Waals surface area contributed by atoms with E-state index in [9.17, 15) is 0 Å². The van der Waals surface area contributed by atoms with Crippen LogP contribution in [0.15, 0.2) is 47.7 Å². The second kappa shape index (κ2) is 4.60. The van der Waals surface area contributed by atoms with Crippen LogP contribution in [0.2, 0.25) is 0 Å². The molecule has 2 aliphatic carbocycles. The van der Waals surface area contributed by atoms with Gasteiger partial charge in [0, 0.05) is 0 Å². The Kier molecular flexibility index (Phi) is 2.72. The van der Waals surface area contributed by atoms with Gasteiger partial charge >= 0.3 is 0 Å². The molecule has 0 radical (unpaired) electrons. The van der Waals surface area contributed by atoms with Crippen LogP contribution in [0.4, 0.5) is 5.13 Å². The lowest BCUT2D eigenvalue weighted by atomic mass is 10.00. The van der Waals surface area contributed by atoms with Crippen molar-refractivity contribution in [3.8, 4) is 5.75 Å². The molecule has 1 heterocycles. The normalized spacial score (nSPS) is 15.8. The number of rotatable bonds is 2. The van der Waals surface area contributed by atoms with Crippen molar-refractivity contribution in [1.82, 2.24) is 4.98 Å². The summed E-state index contributed by atoms with van der Waals surface area (Å²) in [4.78, 5) is 4.41. The van der Waals surface area contributed by atoms with E-state index in [2.05, 4.69) is 36.2 Å². The molecule has 1 aromatic carbocycles. The summed E-state index contributed by atoms with van der Waals surface area (Å²) in [5.74, 6) is 1.76. The molecule has 21 heavy (non-hydrogen) atoms. The van der Waals surface area contributed by atoms with Crippen molar-refractivity contribution in [2.75, 3.05) is 5.73 Å². The van der Waals surface area contributed by atoms with Crippen molar-refractivity contribution in [2.45, 2.75) is 13.3 Å².